The number of nitrogens with one attached hydrogen (secondary N) is 1. The summed E-state index contributed by atoms with van der Waals surface area (Å²) in [6.45, 7) is 0. The normalized spacial score (nSPS) is 12.1. The van der Waals surface area contributed by atoms with Gasteiger partial charge in [0.2, 0.25) is 0 Å². The number of hydrogen-bond acceptors (Lipinski definition) is 4. The molecule has 1 atom stereocenters. The molecule has 0 radical (unpaired) electrons. The van der Waals surface area contributed by atoms with Crippen LogP contribution in [-0.2, 0) is 6.42 Å². The van der Waals surface area contributed by atoms with Crippen molar-refractivity contribution in [3.8, 4) is 17.1 Å². The van der Waals surface area contributed by atoms with Gasteiger partial charge in [0.1, 0.15) is 11.6 Å². The molecule has 0 amide bonds. The average molecular weight is 294 g/mol. The van der Waals surface area contributed by atoms with Crippen molar-refractivity contribution in [2.45, 2.75) is 12.5 Å². The van der Waals surface area contributed by atoms with Gasteiger partial charge in [0.25, 0.3) is 0 Å². The third kappa shape index (κ3) is 3.15. The SMILES string of the molecule is COc1cccc(-c2n[nH]c([C@H](N)Cc3ccccc3)n2)c1. The van der Waals surface area contributed by atoms with E-state index in [1.165, 1.54) is 5.56 Å². The summed E-state index contributed by atoms with van der Waals surface area (Å²) in [5.74, 6) is 2.08. The van der Waals surface area contributed by atoms with Crippen LogP contribution in [-0.4, -0.2) is 22.3 Å². The predicted molar refractivity (Wildman–Crippen MR) is 85.4 cm³/mol. The van der Waals surface area contributed by atoms with E-state index in [2.05, 4.69) is 27.3 Å². The molecular weight excluding hydrogens is 276 g/mol. The Morgan fingerprint density at radius 2 is 1.95 bits per heavy atom. The molecule has 0 bridgehead atoms. The first-order chi connectivity index (χ1) is 10.8. The third-order valence-electron chi connectivity index (χ3n) is 3.48. The smallest absolute Gasteiger partial charge is 0.181 e. The van der Waals surface area contributed by atoms with Gasteiger partial charge in [-0.3, -0.25) is 5.10 Å². The number of benzene rings is 2. The Hall–Kier alpha value is -2.66. The lowest BCUT2D eigenvalue weighted by Gasteiger charge is -2.07. The van der Waals surface area contributed by atoms with Gasteiger partial charge in [-0.15, -0.1) is 0 Å². The number of nitrogens with two attached hydrogens (primary N) is 1. The van der Waals surface area contributed by atoms with Crippen molar-refractivity contribution in [1.29, 1.82) is 0 Å². The summed E-state index contributed by atoms with van der Waals surface area (Å²) in [6.07, 6.45) is 0.716. The predicted octanol–water partition coefficient (Wildman–Crippen LogP) is 2.72. The lowest BCUT2D eigenvalue weighted by Crippen LogP contribution is -2.15. The first kappa shape index (κ1) is 14.3. The van der Waals surface area contributed by atoms with Crippen molar-refractivity contribution < 1.29 is 4.74 Å². The summed E-state index contributed by atoms with van der Waals surface area (Å²) in [4.78, 5) is 4.50. The highest BCUT2D eigenvalue weighted by Gasteiger charge is 2.13. The molecule has 0 saturated heterocycles. The zero-order valence-electron chi connectivity index (χ0n) is 12.4. The fourth-order valence-electron chi connectivity index (χ4n) is 2.30. The minimum Gasteiger partial charge on any atom is -0.497 e. The topological polar surface area (TPSA) is 76.8 Å². The Morgan fingerprint density at radius 1 is 1.14 bits per heavy atom. The van der Waals surface area contributed by atoms with Crippen LogP contribution in [0.4, 0.5) is 0 Å². The van der Waals surface area contributed by atoms with Gasteiger partial charge in [-0.05, 0) is 24.1 Å². The van der Waals surface area contributed by atoms with Crippen LogP contribution in [0.1, 0.15) is 17.4 Å². The van der Waals surface area contributed by atoms with Crippen LogP contribution in [0, 0.1) is 0 Å². The van der Waals surface area contributed by atoms with E-state index in [0.29, 0.717) is 18.1 Å². The number of H-pyrrole nitrogens is 1. The van der Waals surface area contributed by atoms with Crippen molar-refractivity contribution >= 4 is 0 Å². The summed E-state index contributed by atoms with van der Waals surface area (Å²) >= 11 is 0. The summed E-state index contributed by atoms with van der Waals surface area (Å²) in [7, 11) is 1.64. The fraction of sp³-hybridized carbons (Fsp3) is 0.176. The van der Waals surface area contributed by atoms with Crippen LogP contribution in [0.15, 0.2) is 54.6 Å². The van der Waals surface area contributed by atoms with Crippen molar-refractivity contribution in [1.82, 2.24) is 15.2 Å². The zero-order chi connectivity index (χ0) is 15.4. The highest BCUT2D eigenvalue weighted by molar-refractivity contribution is 5.57. The first-order valence-corrected chi connectivity index (χ1v) is 7.12. The molecule has 5 heteroatoms. The number of hydrogen-bond donors (Lipinski definition) is 2. The van der Waals surface area contributed by atoms with E-state index in [-0.39, 0.29) is 6.04 Å². The maximum Gasteiger partial charge on any atom is 0.181 e. The molecule has 0 aliphatic heterocycles. The fourth-order valence-corrected chi connectivity index (χ4v) is 2.30. The van der Waals surface area contributed by atoms with Gasteiger partial charge < -0.3 is 10.5 Å². The number of aromatic nitrogens is 3. The van der Waals surface area contributed by atoms with E-state index in [0.717, 1.165) is 11.3 Å². The number of ether oxygens (including phenoxy) is 1. The Labute approximate surface area is 129 Å². The largest absolute Gasteiger partial charge is 0.497 e. The molecule has 3 N–H and O–H groups in total. The van der Waals surface area contributed by atoms with Crippen LogP contribution in [0.5, 0.6) is 5.75 Å². The van der Waals surface area contributed by atoms with Gasteiger partial charge in [-0.1, -0.05) is 42.5 Å². The van der Waals surface area contributed by atoms with E-state index in [1.54, 1.807) is 7.11 Å². The van der Waals surface area contributed by atoms with E-state index < -0.39 is 0 Å². The monoisotopic (exact) mass is 294 g/mol. The standard InChI is InChI=1S/C17H18N4O/c1-22-14-9-5-8-13(11-14)16-19-17(21-20-16)15(18)10-12-6-3-2-4-7-12/h2-9,11,15H,10,18H2,1H3,(H,19,20,21)/t15-/m1/s1. The molecule has 0 saturated carbocycles. The summed E-state index contributed by atoms with van der Waals surface area (Å²) < 4.78 is 5.22. The van der Waals surface area contributed by atoms with E-state index in [1.807, 2.05) is 42.5 Å². The highest BCUT2D eigenvalue weighted by atomic mass is 16.5. The Kier molecular flexibility index (Phi) is 4.16. The molecule has 5 nitrogen and oxygen atoms in total. The van der Waals surface area contributed by atoms with Gasteiger partial charge >= 0.3 is 0 Å². The molecule has 1 aromatic heterocycles. The quantitative estimate of drug-likeness (QED) is 0.758. The van der Waals surface area contributed by atoms with Crippen LogP contribution < -0.4 is 10.5 Å². The molecule has 3 rings (SSSR count). The van der Waals surface area contributed by atoms with E-state index in [4.69, 9.17) is 10.5 Å². The molecule has 2 aromatic carbocycles. The van der Waals surface area contributed by atoms with Gasteiger partial charge in [0.05, 0.1) is 13.2 Å². The lowest BCUT2D eigenvalue weighted by atomic mass is 10.1. The first-order valence-electron chi connectivity index (χ1n) is 7.12. The van der Waals surface area contributed by atoms with Gasteiger partial charge in [0.15, 0.2) is 5.82 Å². The van der Waals surface area contributed by atoms with Crippen LogP contribution in [0.2, 0.25) is 0 Å². The molecule has 1 heterocycles. The highest BCUT2D eigenvalue weighted by Crippen LogP contribution is 2.22. The number of aromatic amines is 1. The number of rotatable bonds is 5. The van der Waals surface area contributed by atoms with Crippen molar-refractivity contribution in [2.75, 3.05) is 7.11 Å². The van der Waals surface area contributed by atoms with Crippen LogP contribution in [0.3, 0.4) is 0 Å². The minimum absolute atomic E-state index is 0.214. The molecule has 22 heavy (non-hydrogen) atoms. The third-order valence-corrected chi connectivity index (χ3v) is 3.48. The molecule has 0 aliphatic carbocycles. The molecule has 112 valence electrons. The second-order valence-electron chi connectivity index (χ2n) is 5.07. The molecule has 0 spiro atoms. The molecule has 0 unspecified atom stereocenters. The summed E-state index contributed by atoms with van der Waals surface area (Å²) in [5.41, 5.74) is 8.29. The van der Waals surface area contributed by atoms with Crippen molar-refractivity contribution in [2.24, 2.45) is 5.73 Å². The van der Waals surface area contributed by atoms with E-state index >= 15 is 0 Å². The zero-order valence-corrected chi connectivity index (χ0v) is 12.4. The van der Waals surface area contributed by atoms with E-state index in [9.17, 15) is 0 Å². The maximum atomic E-state index is 6.22. The lowest BCUT2D eigenvalue weighted by molar-refractivity contribution is 0.415. The van der Waals surface area contributed by atoms with Crippen LogP contribution in [0.25, 0.3) is 11.4 Å². The Bertz CT molecular complexity index is 739. The Balaban J connectivity index is 1.78. The van der Waals surface area contributed by atoms with Gasteiger partial charge in [0, 0.05) is 5.56 Å². The summed E-state index contributed by atoms with van der Waals surface area (Å²) in [6, 6.07) is 17.5. The minimum atomic E-state index is -0.214. The van der Waals surface area contributed by atoms with Crippen molar-refractivity contribution in [3.05, 3.63) is 66.0 Å². The molecular formula is C17H18N4O. The maximum absolute atomic E-state index is 6.22. The summed E-state index contributed by atoms with van der Waals surface area (Å²) in [5, 5.41) is 7.19. The Morgan fingerprint density at radius 3 is 2.73 bits per heavy atom. The number of nitrogens with zero attached hydrogens (tertiary/aromatic N) is 2. The second-order valence-corrected chi connectivity index (χ2v) is 5.07. The molecule has 0 aliphatic rings. The van der Waals surface area contributed by atoms with Gasteiger partial charge in [-0.25, -0.2) is 4.98 Å². The van der Waals surface area contributed by atoms with Crippen molar-refractivity contribution in [3.63, 3.8) is 0 Å². The molecule has 3 aromatic rings. The van der Waals surface area contributed by atoms with Crippen LogP contribution >= 0.6 is 0 Å². The average Bonchev–Trinajstić information content (AvgIpc) is 3.06. The van der Waals surface area contributed by atoms with Gasteiger partial charge in [-0.2, -0.15) is 5.10 Å². The molecule has 0 fully saturated rings. The number of methoxy groups -OCH3 is 1. The second kappa shape index (κ2) is 6.41.